The third kappa shape index (κ3) is 21.5. The fourth-order valence-corrected chi connectivity index (χ4v) is 10.5. The predicted molar refractivity (Wildman–Crippen MR) is 281 cm³/mol. The Labute approximate surface area is 553 Å². The van der Waals surface area contributed by atoms with Crippen LogP contribution in [0.15, 0.2) is 97.1 Å². The second-order valence-electron chi connectivity index (χ2n) is 20.9. The van der Waals surface area contributed by atoms with Crippen molar-refractivity contribution in [2.45, 2.75) is 135 Å². The summed E-state index contributed by atoms with van der Waals surface area (Å²) in [6, 6.07) is 34.2. The summed E-state index contributed by atoms with van der Waals surface area (Å²) < 4.78 is 118. The molecule has 0 amide bonds. The molecule has 34 heteroatoms. The summed E-state index contributed by atoms with van der Waals surface area (Å²) in [4.78, 5) is 0. The van der Waals surface area contributed by atoms with Gasteiger partial charge in [-0.1, -0.05) is 36.4 Å². The molecule has 28 nitrogen and oxygen atoms in total. The van der Waals surface area contributed by atoms with Crippen LogP contribution in [0.1, 0.15) is 138 Å². The molecule has 10 rings (SSSR count). The number of aromatic nitrogens is 16. The van der Waals surface area contributed by atoms with Crippen LogP contribution in [0.4, 0.5) is 0 Å². The predicted octanol–water partition coefficient (Wildman–Crippen LogP) is -7.01. The van der Waals surface area contributed by atoms with E-state index in [0.29, 0.717) is 0 Å². The molecule has 0 fully saturated rings. The first-order valence-electron chi connectivity index (χ1n) is 26.5. The number of halogens is 4. The number of hydrogen-bond acceptors (Lipinski definition) is 20. The smallest absolute Gasteiger partial charge is 1.00 e. The first-order chi connectivity index (χ1) is 40.2. The van der Waals surface area contributed by atoms with Gasteiger partial charge in [-0.05, 0) is 194 Å². The van der Waals surface area contributed by atoms with Gasteiger partial charge in [0.25, 0.3) is 0 Å². The van der Waals surface area contributed by atoms with Gasteiger partial charge in [-0.15, -0.1) is 30.7 Å². The maximum atomic E-state index is 8.49. The van der Waals surface area contributed by atoms with Crippen molar-refractivity contribution in [1.82, 2.24) is 78.2 Å². The fraction of sp³-hybridized carbons (Fsp3) is 0.357. The molecule has 0 unspecified atom stereocenters. The van der Waals surface area contributed by atoms with Crippen molar-refractivity contribution in [2.24, 2.45) is 0 Å². The Bertz CT molecular complexity index is 3260. The molecule has 8 heterocycles. The molecule has 490 valence electrons. The van der Waals surface area contributed by atoms with E-state index in [4.69, 9.17) is 96.7 Å². The molecule has 10 aromatic rings. The van der Waals surface area contributed by atoms with Gasteiger partial charge in [-0.25, -0.2) is 93.4 Å². The van der Waals surface area contributed by atoms with Crippen molar-refractivity contribution < 1.29 is 133 Å². The quantitative estimate of drug-likeness (QED) is 0.110. The number of rotatable bonds is 12. The molecule has 0 saturated carbocycles. The fourth-order valence-electron chi connectivity index (χ4n) is 10.5. The summed E-state index contributed by atoms with van der Waals surface area (Å²) in [5, 5.41) is 38.9. The molecular weight excluding hydrogens is 1350 g/mol. The Kier molecular flexibility index (Phi) is 27.7. The van der Waals surface area contributed by atoms with Crippen molar-refractivity contribution in [3.05, 3.63) is 210 Å². The minimum Gasteiger partial charge on any atom is -1.00 e. The first kappa shape index (κ1) is 78.1. The Hall–Kier alpha value is -6.19. The largest absolute Gasteiger partial charge is 2.00 e. The van der Waals surface area contributed by atoms with Crippen LogP contribution in [0.25, 0.3) is 0 Å². The van der Waals surface area contributed by atoms with Crippen LogP contribution in [0.2, 0.25) is 0 Å². The second-order valence-corrected chi connectivity index (χ2v) is 23.2. The van der Waals surface area contributed by atoms with Crippen molar-refractivity contribution in [2.75, 3.05) is 0 Å². The average Bonchev–Trinajstić information content (AvgIpc) is 1.87. The summed E-state index contributed by atoms with van der Waals surface area (Å²) in [6.45, 7) is 33.0. The van der Waals surface area contributed by atoms with Gasteiger partial charge in [0, 0.05) is 45.6 Å². The van der Waals surface area contributed by atoms with E-state index in [2.05, 4.69) is 190 Å². The summed E-state index contributed by atoms with van der Waals surface area (Å²) in [7, 11) is -14.8. The number of aryl methyl sites for hydroxylation is 16. The molecule has 8 aromatic heterocycles. The summed E-state index contributed by atoms with van der Waals surface area (Å²) in [5.41, 5.74) is 21.0. The van der Waals surface area contributed by atoms with E-state index in [1.54, 1.807) is 0 Å². The zero-order valence-electron chi connectivity index (χ0n) is 51.8. The third-order valence-corrected chi connectivity index (χ3v) is 13.2. The van der Waals surface area contributed by atoms with E-state index in [1.165, 1.54) is 0 Å². The zero-order chi connectivity index (χ0) is 64.9. The maximum Gasteiger partial charge on any atom is 2.00 e. The van der Waals surface area contributed by atoms with E-state index < -0.39 is 30.7 Å². The van der Waals surface area contributed by atoms with Crippen LogP contribution < -0.4 is 68.3 Å². The van der Waals surface area contributed by atoms with Crippen LogP contribution in [0.5, 0.6) is 0 Å². The van der Waals surface area contributed by atoms with Crippen molar-refractivity contribution in [1.29, 1.82) is 0 Å². The Morgan fingerprint density at radius 2 is 0.356 bits per heavy atom. The first-order valence-corrected chi connectivity index (χ1v) is 30.2. The molecule has 0 aliphatic carbocycles. The minimum absolute atomic E-state index is 0. The average molecular weight is 1420 g/mol. The van der Waals surface area contributed by atoms with Gasteiger partial charge in [-0.2, -0.15) is 40.8 Å². The Morgan fingerprint density at radius 1 is 0.244 bits per heavy atom. The van der Waals surface area contributed by atoms with Gasteiger partial charge < -0.3 is 12.4 Å². The number of nitrogens with zero attached hydrogens (tertiary/aromatic N) is 16. The normalized spacial score (nSPS) is 11.5. The molecule has 0 N–H and O–H groups in total. The number of benzene rings is 2. The van der Waals surface area contributed by atoms with Crippen LogP contribution in [-0.4, -0.2) is 78.2 Å². The van der Waals surface area contributed by atoms with E-state index in [-0.39, 0.29) is 70.6 Å². The second kappa shape index (κ2) is 31.9. The van der Waals surface area contributed by atoms with Crippen LogP contribution in [-0.2, 0) is 33.6 Å². The standard InChI is InChI=1S/2C28H34N8.3ClHO4.ClH.2Co/c2*1-17-12-21(5)33(29-17)27(34-22(6)13-18(2)30-34)25-10-9-11-26(16-25)28(35-23(7)14-19(3)31-35)36-24(8)15-20(4)32-36;3*2-1(3,4)5;;;/h2*9-16,27-28H,1-8H3;3*(H,2,3,4,5);1H;;/q;;;;;;2*+2/p-4. The van der Waals surface area contributed by atoms with Gasteiger partial charge in [0.15, 0.2) is 24.7 Å². The van der Waals surface area contributed by atoms with Crippen LogP contribution in [0, 0.1) is 142 Å². The van der Waals surface area contributed by atoms with Gasteiger partial charge in [-0.3, -0.25) is 0 Å². The molecular formula is C56H68Cl4Co2N16O12. The SMILES string of the molecule is Cc1cc(C)n(C(c2cccc(C(n3nc(C)cc3C)n3nc(C)cc3C)c2)n2nc(C)cc2C)n1.Cc1cc(C)n(C(c2cccc(C(n3nc(C)cc3C)n3nc(C)cc3C)c2)n2nc(C)cc2C)n1.[Cl-].[Co+2].[Co+2].[O-][Cl+3]([O-])([O-])[O-].[O-][Cl+3]([O-])([O-])[O-].[O-][Cl+3]([O-])([O-])[O-]. The maximum absolute atomic E-state index is 8.49. The van der Waals surface area contributed by atoms with Gasteiger partial charge in [0.2, 0.25) is 0 Å². The van der Waals surface area contributed by atoms with E-state index in [9.17, 15) is 0 Å². The molecule has 2 aromatic carbocycles. The monoisotopic (exact) mass is 1410 g/mol. The molecule has 0 spiro atoms. The minimum atomic E-state index is -4.94. The molecule has 90 heavy (non-hydrogen) atoms. The van der Waals surface area contributed by atoms with Crippen LogP contribution in [0.3, 0.4) is 0 Å². The Morgan fingerprint density at radius 3 is 0.444 bits per heavy atom. The van der Waals surface area contributed by atoms with Crippen molar-refractivity contribution >= 4 is 0 Å². The summed E-state index contributed by atoms with van der Waals surface area (Å²) in [6.07, 6.45) is -0.856. The van der Waals surface area contributed by atoms with E-state index in [0.717, 1.165) is 113 Å². The van der Waals surface area contributed by atoms with E-state index >= 15 is 0 Å². The number of hydrogen-bond donors (Lipinski definition) is 0. The molecule has 0 atom stereocenters. The van der Waals surface area contributed by atoms with Crippen molar-refractivity contribution in [3.8, 4) is 0 Å². The molecule has 0 saturated heterocycles. The summed E-state index contributed by atoms with van der Waals surface area (Å²) in [5.74, 6) is 0. The molecule has 0 aliphatic rings. The molecule has 0 aliphatic heterocycles. The van der Waals surface area contributed by atoms with Gasteiger partial charge in [0.05, 0.1) is 45.6 Å². The van der Waals surface area contributed by atoms with E-state index in [1.807, 2.05) is 55.4 Å². The molecule has 0 bridgehead atoms. The summed E-state index contributed by atoms with van der Waals surface area (Å²) >= 11 is 0. The molecule has 2 radical (unpaired) electrons. The zero-order valence-corrected chi connectivity index (χ0v) is 56.9. The Balaban J connectivity index is 0.000000373. The van der Waals surface area contributed by atoms with Gasteiger partial charge in [0.1, 0.15) is 0 Å². The van der Waals surface area contributed by atoms with Crippen molar-refractivity contribution in [3.63, 3.8) is 0 Å². The van der Waals surface area contributed by atoms with Gasteiger partial charge >= 0.3 is 33.6 Å². The third-order valence-electron chi connectivity index (χ3n) is 13.2. The van der Waals surface area contributed by atoms with Crippen LogP contribution >= 0.6 is 0 Å². The topological polar surface area (TPSA) is 419 Å².